The predicted molar refractivity (Wildman–Crippen MR) is 72.5 cm³/mol. The van der Waals surface area contributed by atoms with Crippen molar-refractivity contribution >= 4 is 5.91 Å². The Morgan fingerprint density at radius 1 is 1.48 bits per heavy atom. The second-order valence-electron chi connectivity index (χ2n) is 4.08. The maximum Gasteiger partial charge on any atom is 0.254 e. The van der Waals surface area contributed by atoms with Crippen molar-refractivity contribution < 1.29 is 14.3 Å². The second-order valence-corrected chi connectivity index (χ2v) is 4.08. The number of aromatic amines is 1. The van der Waals surface area contributed by atoms with Crippen LogP contribution in [0, 0.1) is 17.7 Å². The smallest absolute Gasteiger partial charge is 0.254 e. The van der Waals surface area contributed by atoms with Crippen molar-refractivity contribution in [2.45, 2.75) is 13.0 Å². The Morgan fingerprint density at radius 2 is 2.33 bits per heavy atom. The van der Waals surface area contributed by atoms with Crippen LogP contribution in [0.5, 0.6) is 0 Å². The molecule has 0 aliphatic heterocycles. The second kappa shape index (κ2) is 7.17. The monoisotopic (exact) mass is 288 g/mol. The molecule has 3 N–H and O–H groups in total. The Bertz CT molecular complexity index is 674. The largest absolute Gasteiger partial charge is 0.395 e. The molecule has 1 heterocycles. The maximum atomic E-state index is 13.7. The van der Waals surface area contributed by atoms with E-state index in [1.807, 2.05) is 0 Å². The number of hydrogen-bond donors (Lipinski definition) is 3. The minimum absolute atomic E-state index is 0.0429. The molecule has 0 unspecified atom stereocenters. The van der Waals surface area contributed by atoms with Crippen LogP contribution in [0.3, 0.4) is 0 Å². The quantitative estimate of drug-likeness (QED) is 0.719. The van der Waals surface area contributed by atoms with E-state index in [2.05, 4.69) is 32.3 Å². The van der Waals surface area contributed by atoms with Crippen LogP contribution in [-0.4, -0.2) is 32.8 Å². The van der Waals surface area contributed by atoms with Gasteiger partial charge < -0.3 is 10.4 Å². The molecule has 1 amide bonds. The molecule has 0 bridgehead atoms. The standard InChI is InChI=1S/C14H13FN4O2/c15-12-5-4-10(3-1-2-6-20)7-11(12)14(21)16-8-13-17-9-18-19-13/h4-5,7,9,20H,2,6,8H2,(H,16,21)(H,17,18,19). The van der Waals surface area contributed by atoms with Gasteiger partial charge in [0.1, 0.15) is 18.0 Å². The van der Waals surface area contributed by atoms with Crippen molar-refractivity contribution in [3.8, 4) is 11.8 Å². The van der Waals surface area contributed by atoms with Gasteiger partial charge >= 0.3 is 0 Å². The zero-order valence-electron chi connectivity index (χ0n) is 11.1. The van der Waals surface area contributed by atoms with E-state index in [0.29, 0.717) is 17.8 Å². The maximum absolute atomic E-state index is 13.7. The molecule has 2 rings (SSSR count). The lowest BCUT2D eigenvalue weighted by atomic mass is 10.1. The Labute approximate surface area is 120 Å². The molecule has 7 heteroatoms. The molecule has 0 radical (unpaired) electrons. The molecule has 0 aliphatic rings. The van der Waals surface area contributed by atoms with Gasteiger partial charge in [0, 0.05) is 12.0 Å². The van der Waals surface area contributed by atoms with Gasteiger partial charge in [0.15, 0.2) is 0 Å². The summed E-state index contributed by atoms with van der Waals surface area (Å²) >= 11 is 0. The summed E-state index contributed by atoms with van der Waals surface area (Å²) in [6.45, 7) is 0.0808. The topological polar surface area (TPSA) is 90.9 Å². The van der Waals surface area contributed by atoms with Gasteiger partial charge in [0.05, 0.1) is 18.7 Å². The molecule has 0 saturated carbocycles. The van der Waals surface area contributed by atoms with Crippen LogP contribution in [-0.2, 0) is 6.54 Å². The number of rotatable bonds is 4. The molecule has 21 heavy (non-hydrogen) atoms. The van der Waals surface area contributed by atoms with E-state index in [9.17, 15) is 9.18 Å². The molecule has 0 saturated heterocycles. The first-order valence-electron chi connectivity index (χ1n) is 6.22. The minimum Gasteiger partial charge on any atom is -0.395 e. The molecule has 108 valence electrons. The number of aromatic nitrogens is 3. The number of benzene rings is 1. The first-order valence-corrected chi connectivity index (χ1v) is 6.22. The molecule has 6 nitrogen and oxygen atoms in total. The highest BCUT2D eigenvalue weighted by Crippen LogP contribution is 2.10. The van der Waals surface area contributed by atoms with E-state index in [1.165, 1.54) is 24.5 Å². The Morgan fingerprint density at radius 3 is 3.05 bits per heavy atom. The number of H-pyrrole nitrogens is 1. The number of amides is 1. The summed E-state index contributed by atoms with van der Waals surface area (Å²) in [4.78, 5) is 15.8. The van der Waals surface area contributed by atoms with E-state index < -0.39 is 11.7 Å². The van der Waals surface area contributed by atoms with Crippen LogP contribution in [0.4, 0.5) is 4.39 Å². The molecule has 2 aromatic rings. The van der Waals surface area contributed by atoms with Crippen molar-refractivity contribution in [2.75, 3.05) is 6.61 Å². The van der Waals surface area contributed by atoms with Crippen LogP contribution in [0.2, 0.25) is 0 Å². The lowest BCUT2D eigenvalue weighted by Gasteiger charge is -2.05. The van der Waals surface area contributed by atoms with Crippen LogP contribution >= 0.6 is 0 Å². The zero-order chi connectivity index (χ0) is 15.1. The average Bonchev–Trinajstić information content (AvgIpc) is 3.00. The summed E-state index contributed by atoms with van der Waals surface area (Å²) in [6, 6.07) is 4.04. The summed E-state index contributed by atoms with van der Waals surface area (Å²) in [5.41, 5.74) is 0.417. The van der Waals surface area contributed by atoms with Crippen molar-refractivity contribution in [3.05, 3.63) is 47.3 Å². The van der Waals surface area contributed by atoms with Crippen LogP contribution < -0.4 is 5.32 Å². The van der Waals surface area contributed by atoms with Gasteiger partial charge in [-0.05, 0) is 18.2 Å². The molecule has 1 aromatic carbocycles. The van der Waals surface area contributed by atoms with Crippen LogP contribution in [0.15, 0.2) is 24.5 Å². The fourth-order valence-electron chi connectivity index (χ4n) is 1.57. The fraction of sp³-hybridized carbons (Fsp3) is 0.214. The molecule has 1 aromatic heterocycles. The van der Waals surface area contributed by atoms with Crippen molar-refractivity contribution in [1.82, 2.24) is 20.5 Å². The van der Waals surface area contributed by atoms with Gasteiger partial charge in [0.2, 0.25) is 0 Å². The van der Waals surface area contributed by atoms with Crippen molar-refractivity contribution in [1.29, 1.82) is 0 Å². The molecular weight excluding hydrogens is 275 g/mol. The number of halogens is 1. The van der Waals surface area contributed by atoms with Gasteiger partial charge in [-0.3, -0.25) is 9.89 Å². The number of carbonyl (C=O) groups is 1. The van der Waals surface area contributed by atoms with E-state index in [4.69, 9.17) is 5.11 Å². The summed E-state index contributed by atoms with van der Waals surface area (Å²) in [7, 11) is 0. The highest BCUT2D eigenvalue weighted by molar-refractivity contribution is 5.94. The molecule has 0 fully saturated rings. The molecular formula is C14H13FN4O2. The van der Waals surface area contributed by atoms with Gasteiger partial charge in [0.25, 0.3) is 5.91 Å². The SMILES string of the molecule is O=C(NCc1ncn[nH]1)c1cc(C#CCCO)ccc1F. The van der Waals surface area contributed by atoms with Gasteiger partial charge in [-0.15, -0.1) is 0 Å². The highest BCUT2D eigenvalue weighted by atomic mass is 19.1. The van der Waals surface area contributed by atoms with E-state index >= 15 is 0 Å². The first kappa shape index (κ1) is 14.7. The van der Waals surface area contributed by atoms with Gasteiger partial charge in [-0.25, -0.2) is 9.37 Å². The summed E-state index contributed by atoms with van der Waals surface area (Å²) in [6.07, 6.45) is 1.64. The average molecular weight is 288 g/mol. The van der Waals surface area contributed by atoms with Crippen LogP contribution in [0.1, 0.15) is 28.2 Å². The number of carbonyl (C=O) groups excluding carboxylic acids is 1. The number of nitrogens with zero attached hydrogens (tertiary/aromatic N) is 2. The third kappa shape index (κ3) is 4.12. The molecule has 0 spiro atoms. The Hall–Kier alpha value is -2.72. The predicted octanol–water partition coefficient (Wildman–Crippen LogP) is 0.608. The number of nitrogens with one attached hydrogen (secondary N) is 2. The summed E-state index contributed by atoms with van der Waals surface area (Å²) in [5.74, 6) is 4.75. The van der Waals surface area contributed by atoms with Crippen LogP contribution in [0.25, 0.3) is 0 Å². The molecule has 0 atom stereocenters. The van der Waals surface area contributed by atoms with Gasteiger partial charge in [-0.1, -0.05) is 11.8 Å². The lowest BCUT2D eigenvalue weighted by Crippen LogP contribution is -2.24. The lowest BCUT2D eigenvalue weighted by molar-refractivity contribution is 0.0946. The Balaban J connectivity index is 2.09. The van der Waals surface area contributed by atoms with Gasteiger partial charge in [-0.2, -0.15) is 5.10 Å². The highest BCUT2D eigenvalue weighted by Gasteiger charge is 2.12. The Kier molecular flexibility index (Phi) is 5.01. The van der Waals surface area contributed by atoms with Crippen molar-refractivity contribution in [2.24, 2.45) is 0 Å². The third-order valence-corrected chi connectivity index (χ3v) is 2.56. The number of aliphatic hydroxyl groups is 1. The van der Waals surface area contributed by atoms with E-state index in [-0.39, 0.29) is 18.7 Å². The number of hydrogen-bond acceptors (Lipinski definition) is 4. The van der Waals surface area contributed by atoms with Crippen molar-refractivity contribution in [3.63, 3.8) is 0 Å². The first-order chi connectivity index (χ1) is 10.2. The zero-order valence-corrected chi connectivity index (χ0v) is 11.1. The molecule has 0 aliphatic carbocycles. The fourth-order valence-corrected chi connectivity index (χ4v) is 1.57. The normalized spacial score (nSPS) is 9.81. The van der Waals surface area contributed by atoms with E-state index in [0.717, 1.165) is 0 Å². The number of aliphatic hydroxyl groups excluding tert-OH is 1. The summed E-state index contributed by atoms with van der Waals surface area (Å²) < 4.78 is 13.7. The minimum atomic E-state index is -0.627. The summed E-state index contributed by atoms with van der Waals surface area (Å²) in [5, 5.41) is 17.4. The third-order valence-electron chi connectivity index (χ3n) is 2.56. The van der Waals surface area contributed by atoms with E-state index in [1.54, 1.807) is 0 Å².